The van der Waals surface area contributed by atoms with E-state index in [9.17, 15) is 9.59 Å². The van der Waals surface area contributed by atoms with Crippen LogP contribution in [0.1, 0.15) is 35.7 Å². The summed E-state index contributed by atoms with van der Waals surface area (Å²) < 4.78 is 17.3. The fourth-order valence-electron chi connectivity index (χ4n) is 3.28. The first-order chi connectivity index (χ1) is 14.5. The van der Waals surface area contributed by atoms with E-state index >= 15 is 0 Å². The van der Waals surface area contributed by atoms with Gasteiger partial charge in [0, 0.05) is 25.2 Å². The van der Waals surface area contributed by atoms with Crippen LogP contribution in [0, 0.1) is 0 Å². The number of carbonyl (C=O) groups excluding carboxylic acids is 2. The van der Waals surface area contributed by atoms with Gasteiger partial charge in [-0.1, -0.05) is 0 Å². The van der Waals surface area contributed by atoms with Crippen LogP contribution in [0.5, 0.6) is 11.5 Å². The molecule has 162 valence electrons. The molecule has 1 aromatic heterocycles. The number of aryl methyl sites for hydroxylation is 1. The SMILES string of the molecule is CCOC(=O)c1cnn(C)c1NC(=O)CN(Cc1cc(OC)ccc1OC)C1CC1. The van der Waals surface area contributed by atoms with Crippen molar-refractivity contribution in [3.05, 3.63) is 35.5 Å². The zero-order chi connectivity index (χ0) is 21.7. The number of aromatic nitrogens is 2. The molecule has 1 aliphatic rings. The minimum Gasteiger partial charge on any atom is -0.497 e. The molecule has 1 aromatic carbocycles. The first-order valence-electron chi connectivity index (χ1n) is 9.90. The van der Waals surface area contributed by atoms with Crippen molar-refractivity contribution in [2.75, 3.05) is 32.7 Å². The molecule has 1 N–H and O–H groups in total. The van der Waals surface area contributed by atoms with Crippen LogP contribution in [-0.4, -0.2) is 60.0 Å². The summed E-state index contributed by atoms with van der Waals surface area (Å²) in [6, 6.07) is 5.96. The van der Waals surface area contributed by atoms with Gasteiger partial charge in [-0.05, 0) is 38.0 Å². The number of hydrogen-bond donors (Lipinski definition) is 1. The summed E-state index contributed by atoms with van der Waals surface area (Å²) in [5, 5.41) is 6.88. The highest BCUT2D eigenvalue weighted by Gasteiger charge is 2.31. The lowest BCUT2D eigenvalue weighted by atomic mass is 10.1. The van der Waals surface area contributed by atoms with Gasteiger partial charge in [0.15, 0.2) is 0 Å². The summed E-state index contributed by atoms with van der Waals surface area (Å²) in [6.07, 6.45) is 3.48. The highest BCUT2D eigenvalue weighted by atomic mass is 16.5. The third kappa shape index (κ3) is 5.10. The lowest BCUT2D eigenvalue weighted by Crippen LogP contribution is -2.35. The zero-order valence-electron chi connectivity index (χ0n) is 17.8. The molecule has 1 saturated carbocycles. The standard InChI is InChI=1S/C21H28N4O5/c1-5-30-21(27)17-11-22-24(2)20(17)23-19(26)13-25(15-6-7-15)12-14-10-16(28-3)8-9-18(14)29-4/h8-11,15H,5-7,12-13H2,1-4H3,(H,23,26). The summed E-state index contributed by atoms with van der Waals surface area (Å²) in [5.41, 5.74) is 1.18. The van der Waals surface area contributed by atoms with Crippen LogP contribution >= 0.6 is 0 Å². The normalized spacial score (nSPS) is 13.2. The van der Waals surface area contributed by atoms with E-state index in [0.29, 0.717) is 18.4 Å². The van der Waals surface area contributed by atoms with Crippen molar-refractivity contribution in [3.8, 4) is 11.5 Å². The molecular weight excluding hydrogens is 388 g/mol. The van der Waals surface area contributed by atoms with E-state index < -0.39 is 5.97 Å². The summed E-state index contributed by atoms with van der Waals surface area (Å²) in [7, 11) is 4.91. The van der Waals surface area contributed by atoms with E-state index in [0.717, 1.165) is 29.9 Å². The Hall–Kier alpha value is -3.07. The van der Waals surface area contributed by atoms with Crippen LogP contribution < -0.4 is 14.8 Å². The monoisotopic (exact) mass is 416 g/mol. The summed E-state index contributed by atoms with van der Waals surface area (Å²) in [4.78, 5) is 27.0. The molecule has 1 amide bonds. The quantitative estimate of drug-likeness (QED) is 0.594. The van der Waals surface area contributed by atoms with Crippen LogP contribution in [0.2, 0.25) is 0 Å². The van der Waals surface area contributed by atoms with Crippen LogP contribution in [-0.2, 0) is 23.1 Å². The number of carbonyl (C=O) groups is 2. The van der Waals surface area contributed by atoms with Crippen molar-refractivity contribution in [1.82, 2.24) is 14.7 Å². The second-order valence-corrected chi connectivity index (χ2v) is 7.11. The van der Waals surface area contributed by atoms with Gasteiger partial charge >= 0.3 is 5.97 Å². The molecule has 1 heterocycles. The highest BCUT2D eigenvalue weighted by Crippen LogP contribution is 2.32. The number of hydrogen-bond acceptors (Lipinski definition) is 7. The Morgan fingerprint density at radius 3 is 2.67 bits per heavy atom. The van der Waals surface area contributed by atoms with Crippen molar-refractivity contribution in [1.29, 1.82) is 0 Å². The Labute approximate surface area is 175 Å². The Kier molecular flexibility index (Phi) is 6.94. The maximum atomic E-state index is 12.8. The largest absolute Gasteiger partial charge is 0.497 e. The van der Waals surface area contributed by atoms with E-state index in [1.165, 1.54) is 10.9 Å². The molecule has 0 bridgehead atoms. The van der Waals surface area contributed by atoms with Gasteiger partial charge in [0.1, 0.15) is 22.9 Å². The summed E-state index contributed by atoms with van der Waals surface area (Å²) in [6.45, 7) is 2.71. The predicted molar refractivity (Wildman–Crippen MR) is 111 cm³/mol. The van der Waals surface area contributed by atoms with Crippen molar-refractivity contribution < 1.29 is 23.8 Å². The fraction of sp³-hybridized carbons (Fsp3) is 0.476. The number of esters is 1. The highest BCUT2D eigenvalue weighted by molar-refractivity contribution is 6.00. The van der Waals surface area contributed by atoms with E-state index in [2.05, 4.69) is 15.3 Å². The molecule has 0 radical (unpaired) electrons. The van der Waals surface area contributed by atoms with E-state index in [-0.39, 0.29) is 24.6 Å². The van der Waals surface area contributed by atoms with Crippen LogP contribution in [0.3, 0.4) is 0 Å². The maximum absolute atomic E-state index is 12.8. The molecule has 9 heteroatoms. The van der Waals surface area contributed by atoms with Gasteiger partial charge in [-0.2, -0.15) is 5.10 Å². The summed E-state index contributed by atoms with van der Waals surface area (Å²) >= 11 is 0. The van der Waals surface area contributed by atoms with Gasteiger partial charge in [-0.25, -0.2) is 4.79 Å². The van der Waals surface area contributed by atoms with Gasteiger partial charge in [0.25, 0.3) is 0 Å². The Balaban J connectivity index is 1.72. The number of nitrogens with one attached hydrogen (secondary N) is 1. The minimum absolute atomic E-state index is 0.179. The second kappa shape index (κ2) is 9.62. The number of benzene rings is 1. The maximum Gasteiger partial charge on any atom is 0.343 e. The van der Waals surface area contributed by atoms with E-state index in [1.54, 1.807) is 28.2 Å². The first kappa shape index (κ1) is 21.6. The van der Waals surface area contributed by atoms with Crippen LogP contribution in [0.4, 0.5) is 5.82 Å². The second-order valence-electron chi connectivity index (χ2n) is 7.11. The molecule has 0 atom stereocenters. The van der Waals surface area contributed by atoms with E-state index in [4.69, 9.17) is 14.2 Å². The van der Waals surface area contributed by atoms with Crippen LogP contribution in [0.15, 0.2) is 24.4 Å². The molecule has 0 saturated heterocycles. The number of ether oxygens (including phenoxy) is 3. The molecular formula is C21H28N4O5. The fourth-order valence-corrected chi connectivity index (χ4v) is 3.28. The smallest absolute Gasteiger partial charge is 0.343 e. The van der Waals surface area contributed by atoms with Crippen molar-refractivity contribution in [2.45, 2.75) is 32.4 Å². The average molecular weight is 416 g/mol. The Morgan fingerprint density at radius 1 is 1.27 bits per heavy atom. The van der Waals surface area contributed by atoms with Gasteiger partial charge in [0.05, 0.1) is 33.6 Å². The molecule has 1 fully saturated rings. The molecule has 1 aliphatic carbocycles. The number of rotatable bonds is 10. The average Bonchev–Trinajstić information content (AvgIpc) is 3.52. The zero-order valence-corrected chi connectivity index (χ0v) is 17.8. The summed E-state index contributed by atoms with van der Waals surface area (Å²) in [5.74, 6) is 1.07. The minimum atomic E-state index is -0.513. The number of amides is 1. The number of methoxy groups -OCH3 is 2. The Bertz CT molecular complexity index is 907. The number of nitrogens with zero attached hydrogens (tertiary/aromatic N) is 3. The molecule has 2 aromatic rings. The third-order valence-corrected chi connectivity index (χ3v) is 4.96. The van der Waals surface area contributed by atoms with Gasteiger partial charge in [-0.15, -0.1) is 0 Å². The number of anilines is 1. The molecule has 3 rings (SSSR count). The molecule has 30 heavy (non-hydrogen) atoms. The molecule has 0 spiro atoms. The molecule has 9 nitrogen and oxygen atoms in total. The lowest BCUT2D eigenvalue weighted by molar-refractivity contribution is -0.117. The lowest BCUT2D eigenvalue weighted by Gasteiger charge is -2.23. The molecule has 0 aliphatic heterocycles. The predicted octanol–water partition coefficient (Wildman–Crippen LogP) is 2.22. The van der Waals surface area contributed by atoms with Gasteiger partial charge in [-0.3, -0.25) is 14.4 Å². The van der Waals surface area contributed by atoms with Crippen molar-refractivity contribution >= 4 is 17.7 Å². The third-order valence-electron chi connectivity index (χ3n) is 4.96. The molecule has 0 unspecified atom stereocenters. The van der Waals surface area contributed by atoms with Crippen molar-refractivity contribution in [3.63, 3.8) is 0 Å². The Morgan fingerprint density at radius 2 is 2.03 bits per heavy atom. The van der Waals surface area contributed by atoms with Crippen molar-refractivity contribution in [2.24, 2.45) is 7.05 Å². The van der Waals surface area contributed by atoms with E-state index in [1.807, 2.05) is 18.2 Å². The van der Waals surface area contributed by atoms with Gasteiger partial charge in [0.2, 0.25) is 5.91 Å². The first-order valence-corrected chi connectivity index (χ1v) is 9.90. The van der Waals surface area contributed by atoms with Crippen LogP contribution in [0.25, 0.3) is 0 Å². The topological polar surface area (TPSA) is 94.9 Å². The van der Waals surface area contributed by atoms with Gasteiger partial charge < -0.3 is 19.5 Å².